The van der Waals surface area contributed by atoms with Crippen molar-refractivity contribution in [3.8, 4) is 0 Å². The predicted octanol–water partition coefficient (Wildman–Crippen LogP) is 25.2. The van der Waals surface area contributed by atoms with E-state index in [0.29, 0.717) is 19.3 Å². The Balaban J connectivity index is 4.07. The summed E-state index contributed by atoms with van der Waals surface area (Å²) < 4.78 is 17.0. The quantitative estimate of drug-likeness (QED) is 0.0261. The summed E-state index contributed by atoms with van der Waals surface area (Å²) in [5, 5.41) is 0. The van der Waals surface area contributed by atoms with Gasteiger partial charge in [-0.05, 0) is 38.5 Å². The van der Waals surface area contributed by atoms with Gasteiger partial charge in [-0.15, -0.1) is 0 Å². The lowest BCUT2D eigenvalue weighted by Crippen LogP contribution is -2.30. The highest BCUT2D eigenvalue weighted by Gasteiger charge is 2.20. The molecular weight excluding hydrogens is 985 g/mol. The maximum atomic E-state index is 12.9. The second kappa shape index (κ2) is 69.6. The van der Waals surface area contributed by atoms with E-state index in [1.165, 1.54) is 321 Å². The Bertz CT molecular complexity index is 1250. The highest BCUT2D eigenvalue weighted by Crippen LogP contribution is 2.20. The molecule has 0 heterocycles. The molecule has 80 heavy (non-hydrogen) atoms. The summed E-state index contributed by atoms with van der Waals surface area (Å²) in [7, 11) is 0. The van der Waals surface area contributed by atoms with Crippen molar-refractivity contribution in [1.82, 2.24) is 0 Å². The molecule has 6 nitrogen and oxygen atoms in total. The third-order valence-corrected chi connectivity index (χ3v) is 17.0. The Kier molecular flexibility index (Phi) is 68.0. The molecule has 6 heteroatoms. The van der Waals surface area contributed by atoms with Gasteiger partial charge in [-0.3, -0.25) is 14.4 Å². The van der Waals surface area contributed by atoms with E-state index in [2.05, 4.69) is 32.9 Å². The fourth-order valence-electron chi connectivity index (χ4n) is 11.5. The zero-order valence-electron chi connectivity index (χ0n) is 54.6. The Labute approximate surface area is 501 Å². The van der Waals surface area contributed by atoms with Crippen LogP contribution in [0.15, 0.2) is 12.2 Å². The number of hydrogen-bond acceptors (Lipinski definition) is 6. The summed E-state index contributed by atoms with van der Waals surface area (Å²) in [6.07, 6.45) is 84.2. The first-order valence-corrected chi connectivity index (χ1v) is 36.7. The minimum Gasteiger partial charge on any atom is -0.462 e. The van der Waals surface area contributed by atoms with Crippen LogP contribution in [0.1, 0.15) is 425 Å². The average molecular weight is 1130 g/mol. The summed E-state index contributed by atoms with van der Waals surface area (Å²) in [5.74, 6) is -0.842. The molecule has 1 unspecified atom stereocenters. The second-order valence-corrected chi connectivity index (χ2v) is 25.2. The van der Waals surface area contributed by atoms with Crippen molar-refractivity contribution in [1.29, 1.82) is 0 Å². The van der Waals surface area contributed by atoms with Crippen molar-refractivity contribution in [2.75, 3.05) is 13.2 Å². The predicted molar refractivity (Wildman–Crippen MR) is 349 cm³/mol. The van der Waals surface area contributed by atoms with E-state index in [1.54, 1.807) is 0 Å². The van der Waals surface area contributed by atoms with Crippen LogP contribution in [0.3, 0.4) is 0 Å². The molecule has 0 spiro atoms. The summed E-state index contributed by atoms with van der Waals surface area (Å²) >= 11 is 0. The molecule has 0 saturated carbocycles. The molecule has 0 saturated heterocycles. The van der Waals surface area contributed by atoms with Crippen molar-refractivity contribution in [3.05, 3.63) is 12.2 Å². The number of unbranched alkanes of at least 4 members (excludes halogenated alkanes) is 56. The number of carbonyl (C=O) groups is 3. The fourth-order valence-corrected chi connectivity index (χ4v) is 11.5. The van der Waals surface area contributed by atoms with E-state index >= 15 is 0 Å². The molecule has 0 aliphatic rings. The van der Waals surface area contributed by atoms with Gasteiger partial charge in [-0.1, -0.05) is 380 Å². The molecule has 0 bridgehead atoms. The first kappa shape index (κ1) is 78.1. The lowest BCUT2D eigenvalue weighted by Gasteiger charge is -2.18. The highest BCUT2D eigenvalue weighted by molar-refractivity contribution is 5.71. The van der Waals surface area contributed by atoms with Crippen LogP contribution < -0.4 is 0 Å². The molecule has 0 aromatic heterocycles. The molecule has 0 aromatic rings. The van der Waals surface area contributed by atoms with Crippen LogP contribution in [0.25, 0.3) is 0 Å². The number of hydrogen-bond donors (Lipinski definition) is 0. The average Bonchev–Trinajstić information content (AvgIpc) is 3.46. The van der Waals surface area contributed by atoms with Crippen LogP contribution in [-0.4, -0.2) is 37.2 Å². The van der Waals surface area contributed by atoms with E-state index in [1.807, 2.05) is 0 Å². The molecule has 0 amide bonds. The number of carbonyl (C=O) groups excluding carboxylic acids is 3. The highest BCUT2D eigenvalue weighted by atomic mass is 16.6. The zero-order chi connectivity index (χ0) is 57.8. The first-order chi connectivity index (χ1) is 39.5. The van der Waals surface area contributed by atoms with Gasteiger partial charge in [-0.25, -0.2) is 0 Å². The molecule has 0 N–H and O–H groups in total. The Morgan fingerprint density at radius 3 is 0.662 bits per heavy atom. The number of esters is 3. The molecule has 0 radical (unpaired) electrons. The van der Waals surface area contributed by atoms with Crippen molar-refractivity contribution in [2.45, 2.75) is 431 Å². The fraction of sp³-hybridized carbons (Fsp3) is 0.932. The zero-order valence-corrected chi connectivity index (χ0v) is 54.6. The van der Waals surface area contributed by atoms with Gasteiger partial charge in [-0.2, -0.15) is 0 Å². The Hall–Kier alpha value is -1.85. The third kappa shape index (κ3) is 66.9. The molecule has 0 fully saturated rings. The van der Waals surface area contributed by atoms with Crippen LogP contribution in [0.4, 0.5) is 0 Å². The normalized spacial score (nSPS) is 12.0. The lowest BCUT2D eigenvalue weighted by molar-refractivity contribution is -0.167. The standard InChI is InChI=1S/C74H142O6/c1-4-7-10-13-16-19-22-24-26-28-30-32-33-34-35-36-37-38-39-40-41-42-44-45-47-49-52-55-58-61-64-67-73(76)79-70-71(69-78-72(75)66-63-60-57-54-51-21-18-15-12-9-6-3)80-74(77)68-65-62-59-56-53-50-48-46-43-31-29-27-25-23-20-17-14-11-8-5-2/h15,18,71H,4-14,16-17,19-70H2,1-3H3/b18-15-. The van der Waals surface area contributed by atoms with Crippen LogP contribution in [0.2, 0.25) is 0 Å². The van der Waals surface area contributed by atoms with Crippen molar-refractivity contribution < 1.29 is 28.6 Å². The monoisotopic (exact) mass is 1130 g/mol. The minimum absolute atomic E-state index is 0.0659. The van der Waals surface area contributed by atoms with Crippen LogP contribution in [0, 0.1) is 0 Å². The lowest BCUT2D eigenvalue weighted by atomic mass is 10.0. The molecule has 0 aromatic carbocycles. The van der Waals surface area contributed by atoms with Gasteiger partial charge >= 0.3 is 17.9 Å². The molecule has 0 aliphatic carbocycles. The van der Waals surface area contributed by atoms with Gasteiger partial charge < -0.3 is 14.2 Å². The van der Waals surface area contributed by atoms with Gasteiger partial charge in [0.15, 0.2) is 6.10 Å². The number of rotatable bonds is 69. The smallest absolute Gasteiger partial charge is 0.306 e. The summed E-state index contributed by atoms with van der Waals surface area (Å²) in [5.41, 5.74) is 0. The van der Waals surface area contributed by atoms with E-state index in [0.717, 1.165) is 64.2 Å². The van der Waals surface area contributed by atoms with E-state index in [9.17, 15) is 14.4 Å². The van der Waals surface area contributed by atoms with Gasteiger partial charge in [0.1, 0.15) is 13.2 Å². The maximum absolute atomic E-state index is 12.9. The molecule has 0 rings (SSSR count). The third-order valence-electron chi connectivity index (χ3n) is 17.0. The second-order valence-electron chi connectivity index (χ2n) is 25.2. The van der Waals surface area contributed by atoms with Crippen molar-refractivity contribution in [2.24, 2.45) is 0 Å². The van der Waals surface area contributed by atoms with Crippen molar-refractivity contribution >= 4 is 17.9 Å². The molecule has 1 atom stereocenters. The molecule has 474 valence electrons. The van der Waals surface area contributed by atoms with Crippen LogP contribution in [-0.2, 0) is 28.6 Å². The van der Waals surface area contributed by atoms with Gasteiger partial charge in [0.25, 0.3) is 0 Å². The first-order valence-electron chi connectivity index (χ1n) is 36.7. The van der Waals surface area contributed by atoms with Gasteiger partial charge in [0.05, 0.1) is 0 Å². The topological polar surface area (TPSA) is 78.9 Å². The summed E-state index contributed by atoms with van der Waals surface area (Å²) in [6.45, 7) is 6.69. The van der Waals surface area contributed by atoms with E-state index in [-0.39, 0.29) is 31.1 Å². The maximum Gasteiger partial charge on any atom is 0.306 e. The number of ether oxygens (including phenoxy) is 3. The summed E-state index contributed by atoms with van der Waals surface area (Å²) in [4.78, 5) is 38.4. The molecule has 0 aliphatic heterocycles. The number of allylic oxidation sites excluding steroid dienone is 2. The summed E-state index contributed by atoms with van der Waals surface area (Å²) in [6, 6.07) is 0. The van der Waals surface area contributed by atoms with Crippen LogP contribution in [0.5, 0.6) is 0 Å². The Morgan fingerprint density at radius 2 is 0.425 bits per heavy atom. The van der Waals surface area contributed by atoms with Gasteiger partial charge in [0.2, 0.25) is 0 Å². The SMILES string of the molecule is CCCC/C=C\CCCCCCCC(=O)OCC(COC(=O)CCCCCCCCCCCCCCCCCCCCCCCCCCCCCCCCC)OC(=O)CCCCCCCCCCCCCCCCCCCCCC. The largest absolute Gasteiger partial charge is 0.462 e. The Morgan fingerprint density at radius 1 is 0.237 bits per heavy atom. The van der Waals surface area contributed by atoms with Gasteiger partial charge in [0, 0.05) is 19.3 Å². The molecular formula is C74H142O6. The van der Waals surface area contributed by atoms with Crippen LogP contribution >= 0.6 is 0 Å². The minimum atomic E-state index is -0.769. The van der Waals surface area contributed by atoms with Crippen molar-refractivity contribution in [3.63, 3.8) is 0 Å². The van der Waals surface area contributed by atoms with E-state index < -0.39 is 6.10 Å². The van der Waals surface area contributed by atoms with E-state index in [4.69, 9.17) is 14.2 Å².